The molecule has 0 spiro atoms. The van der Waals surface area contributed by atoms with Crippen LogP contribution in [-0.4, -0.2) is 18.7 Å². The molecule has 0 aliphatic heterocycles. The second kappa shape index (κ2) is 10.1. The van der Waals surface area contributed by atoms with E-state index in [0.29, 0.717) is 5.75 Å². The standard InChI is InChI=1S/C21H17Br2N3O2/c22-16-9-10-20(19(23)12-16)24-14-21(27)26-25-13-15-5-4-8-18(11-15)28-17-6-2-1-3-7-17/h1-13,24H,14H2,(H,26,27)/b25-13+. The van der Waals surface area contributed by atoms with E-state index in [1.54, 1.807) is 6.21 Å². The summed E-state index contributed by atoms with van der Waals surface area (Å²) in [6, 6.07) is 22.7. The van der Waals surface area contributed by atoms with E-state index in [2.05, 4.69) is 47.7 Å². The van der Waals surface area contributed by atoms with Gasteiger partial charge >= 0.3 is 0 Å². The first-order chi connectivity index (χ1) is 13.6. The Morgan fingerprint density at radius 1 is 0.964 bits per heavy atom. The van der Waals surface area contributed by atoms with E-state index in [1.807, 2.05) is 72.8 Å². The van der Waals surface area contributed by atoms with Crippen LogP contribution in [0.1, 0.15) is 5.56 Å². The summed E-state index contributed by atoms with van der Waals surface area (Å²) in [6.07, 6.45) is 1.57. The van der Waals surface area contributed by atoms with Crippen LogP contribution in [0.4, 0.5) is 5.69 Å². The lowest BCUT2D eigenvalue weighted by Crippen LogP contribution is -2.26. The summed E-state index contributed by atoms with van der Waals surface area (Å²) in [5.41, 5.74) is 4.15. The SMILES string of the molecule is O=C(CNc1ccc(Br)cc1Br)N/N=C/c1cccc(Oc2ccccc2)c1. The van der Waals surface area contributed by atoms with Crippen molar-refractivity contribution >= 4 is 49.7 Å². The van der Waals surface area contributed by atoms with Crippen LogP contribution < -0.4 is 15.5 Å². The minimum atomic E-state index is -0.247. The molecule has 0 aromatic heterocycles. The molecule has 0 bridgehead atoms. The summed E-state index contributed by atoms with van der Waals surface area (Å²) in [4.78, 5) is 12.0. The van der Waals surface area contributed by atoms with Gasteiger partial charge in [0, 0.05) is 14.6 Å². The molecule has 0 aliphatic carbocycles. The molecule has 0 radical (unpaired) electrons. The maximum atomic E-state index is 12.0. The lowest BCUT2D eigenvalue weighted by atomic mass is 10.2. The van der Waals surface area contributed by atoms with Gasteiger partial charge in [-0.25, -0.2) is 5.43 Å². The summed E-state index contributed by atoms with van der Waals surface area (Å²) in [7, 11) is 0. The molecule has 0 heterocycles. The third kappa shape index (κ3) is 6.21. The molecule has 28 heavy (non-hydrogen) atoms. The number of nitrogens with zero attached hydrogens (tertiary/aromatic N) is 1. The van der Waals surface area contributed by atoms with Crippen LogP contribution in [-0.2, 0) is 4.79 Å². The van der Waals surface area contributed by atoms with Crippen molar-refractivity contribution in [3.05, 3.63) is 87.3 Å². The normalized spacial score (nSPS) is 10.6. The fourth-order valence-corrected chi connectivity index (χ4v) is 3.50. The highest BCUT2D eigenvalue weighted by molar-refractivity contribution is 9.11. The maximum Gasteiger partial charge on any atom is 0.259 e. The number of carbonyl (C=O) groups excluding carboxylic acids is 1. The predicted molar refractivity (Wildman–Crippen MR) is 119 cm³/mol. The Bertz CT molecular complexity index is 978. The highest BCUT2D eigenvalue weighted by Crippen LogP contribution is 2.26. The molecule has 3 aromatic carbocycles. The summed E-state index contributed by atoms with van der Waals surface area (Å²) < 4.78 is 7.61. The molecule has 3 aromatic rings. The fraction of sp³-hybridized carbons (Fsp3) is 0.0476. The zero-order chi connectivity index (χ0) is 19.8. The van der Waals surface area contributed by atoms with Crippen molar-refractivity contribution in [2.75, 3.05) is 11.9 Å². The Labute approximate surface area is 180 Å². The Morgan fingerprint density at radius 3 is 2.54 bits per heavy atom. The fourth-order valence-electron chi connectivity index (χ4n) is 2.31. The quantitative estimate of drug-likeness (QED) is 0.328. The van der Waals surface area contributed by atoms with Gasteiger partial charge in [0.2, 0.25) is 0 Å². The van der Waals surface area contributed by atoms with Gasteiger partial charge in [-0.3, -0.25) is 4.79 Å². The summed E-state index contributed by atoms with van der Waals surface area (Å²) >= 11 is 6.84. The first-order valence-electron chi connectivity index (χ1n) is 8.44. The second-order valence-electron chi connectivity index (χ2n) is 5.76. The lowest BCUT2D eigenvalue weighted by Gasteiger charge is -2.08. The van der Waals surface area contributed by atoms with Crippen molar-refractivity contribution in [2.45, 2.75) is 0 Å². The first kappa shape index (κ1) is 20.1. The van der Waals surface area contributed by atoms with E-state index < -0.39 is 0 Å². The van der Waals surface area contributed by atoms with Gasteiger partial charge in [0.25, 0.3) is 5.91 Å². The highest BCUT2D eigenvalue weighted by Gasteiger charge is 2.03. The minimum absolute atomic E-state index is 0.106. The third-order valence-corrected chi connectivity index (χ3v) is 4.76. The first-order valence-corrected chi connectivity index (χ1v) is 10.0. The number of hydrazone groups is 1. The van der Waals surface area contributed by atoms with E-state index in [9.17, 15) is 4.79 Å². The molecular weight excluding hydrogens is 486 g/mol. The zero-order valence-corrected chi connectivity index (χ0v) is 17.9. The molecule has 7 heteroatoms. The van der Waals surface area contributed by atoms with Crippen molar-refractivity contribution < 1.29 is 9.53 Å². The lowest BCUT2D eigenvalue weighted by molar-refractivity contribution is -0.119. The van der Waals surface area contributed by atoms with Crippen molar-refractivity contribution in [3.63, 3.8) is 0 Å². The molecule has 2 N–H and O–H groups in total. The molecule has 0 atom stereocenters. The number of para-hydroxylation sites is 1. The van der Waals surface area contributed by atoms with Crippen molar-refractivity contribution in [1.82, 2.24) is 5.43 Å². The summed E-state index contributed by atoms with van der Waals surface area (Å²) in [5, 5.41) is 7.05. The molecular formula is C21H17Br2N3O2. The monoisotopic (exact) mass is 501 g/mol. The maximum absolute atomic E-state index is 12.0. The van der Waals surface area contributed by atoms with E-state index in [4.69, 9.17) is 4.74 Å². The molecule has 0 saturated carbocycles. The smallest absolute Gasteiger partial charge is 0.259 e. The zero-order valence-electron chi connectivity index (χ0n) is 14.7. The number of hydrogen-bond acceptors (Lipinski definition) is 4. The van der Waals surface area contributed by atoms with Crippen LogP contribution in [0.2, 0.25) is 0 Å². The molecule has 5 nitrogen and oxygen atoms in total. The van der Waals surface area contributed by atoms with Crippen molar-refractivity contribution in [3.8, 4) is 11.5 Å². The molecule has 3 rings (SSSR count). The number of amides is 1. The Morgan fingerprint density at radius 2 is 1.75 bits per heavy atom. The Hall–Kier alpha value is -2.64. The molecule has 0 unspecified atom stereocenters. The number of rotatable bonds is 7. The number of carbonyl (C=O) groups is 1. The predicted octanol–water partition coefficient (Wildman–Crippen LogP) is 5.57. The largest absolute Gasteiger partial charge is 0.457 e. The number of hydrogen-bond donors (Lipinski definition) is 2. The van der Waals surface area contributed by atoms with Crippen molar-refractivity contribution in [1.29, 1.82) is 0 Å². The average Bonchev–Trinajstić information content (AvgIpc) is 2.68. The van der Waals surface area contributed by atoms with Crippen LogP contribution in [0.15, 0.2) is 86.8 Å². The number of anilines is 1. The third-order valence-electron chi connectivity index (χ3n) is 3.61. The number of halogens is 2. The molecule has 1 amide bonds. The van der Waals surface area contributed by atoms with Gasteiger partial charge in [-0.15, -0.1) is 0 Å². The Balaban J connectivity index is 1.51. The van der Waals surface area contributed by atoms with Gasteiger partial charge in [0.15, 0.2) is 0 Å². The highest BCUT2D eigenvalue weighted by atomic mass is 79.9. The summed E-state index contributed by atoms with van der Waals surface area (Å²) in [6.45, 7) is 0.106. The van der Waals surface area contributed by atoms with Gasteiger partial charge in [-0.2, -0.15) is 5.10 Å². The number of nitrogens with one attached hydrogen (secondary N) is 2. The Kier molecular flexibility index (Phi) is 7.22. The summed E-state index contributed by atoms with van der Waals surface area (Å²) in [5.74, 6) is 1.21. The van der Waals surface area contributed by atoms with Gasteiger partial charge in [-0.1, -0.05) is 46.3 Å². The van der Waals surface area contributed by atoms with E-state index in [0.717, 1.165) is 25.9 Å². The van der Waals surface area contributed by atoms with Crippen LogP contribution in [0, 0.1) is 0 Å². The molecule has 0 fully saturated rings. The van der Waals surface area contributed by atoms with Crippen LogP contribution >= 0.6 is 31.9 Å². The van der Waals surface area contributed by atoms with Crippen molar-refractivity contribution in [2.24, 2.45) is 5.10 Å². The molecule has 142 valence electrons. The van der Waals surface area contributed by atoms with E-state index >= 15 is 0 Å². The van der Waals surface area contributed by atoms with Gasteiger partial charge in [-0.05, 0) is 64.0 Å². The van der Waals surface area contributed by atoms with E-state index in [1.165, 1.54) is 0 Å². The van der Waals surface area contributed by atoms with Gasteiger partial charge < -0.3 is 10.1 Å². The number of benzene rings is 3. The molecule has 0 aliphatic rings. The van der Waals surface area contributed by atoms with Crippen LogP contribution in [0.3, 0.4) is 0 Å². The van der Waals surface area contributed by atoms with Gasteiger partial charge in [0.1, 0.15) is 11.5 Å². The van der Waals surface area contributed by atoms with E-state index in [-0.39, 0.29) is 12.5 Å². The van der Waals surface area contributed by atoms with Gasteiger partial charge in [0.05, 0.1) is 12.8 Å². The molecule has 0 saturated heterocycles. The number of ether oxygens (including phenoxy) is 1. The topological polar surface area (TPSA) is 62.7 Å². The second-order valence-corrected chi connectivity index (χ2v) is 7.53. The minimum Gasteiger partial charge on any atom is -0.457 e. The average molecular weight is 503 g/mol. The van der Waals surface area contributed by atoms with Crippen LogP contribution in [0.25, 0.3) is 0 Å². The van der Waals surface area contributed by atoms with Crippen LogP contribution in [0.5, 0.6) is 11.5 Å².